The molecule has 2 aliphatic rings. The molecule has 3 rings (SSSR count). The highest BCUT2D eigenvalue weighted by atomic mass is 32.2. The minimum atomic E-state index is -0.0669. The Morgan fingerprint density at radius 3 is 3.21 bits per heavy atom. The fourth-order valence-corrected chi connectivity index (χ4v) is 2.81. The maximum atomic E-state index is 11.5. The SMILES string of the molecule is O=C1NNC2CSc3ccccc3N12. The van der Waals surface area contributed by atoms with Crippen LogP contribution in [0.3, 0.4) is 0 Å². The third-order valence-electron chi connectivity index (χ3n) is 2.40. The first-order valence-corrected chi connectivity index (χ1v) is 5.41. The number of anilines is 1. The monoisotopic (exact) mass is 207 g/mol. The van der Waals surface area contributed by atoms with E-state index in [1.165, 1.54) is 4.90 Å². The summed E-state index contributed by atoms with van der Waals surface area (Å²) in [6.07, 6.45) is 0.0856. The quantitative estimate of drug-likeness (QED) is 0.671. The molecule has 1 fully saturated rings. The molecule has 0 saturated carbocycles. The molecule has 2 aliphatic heterocycles. The highest BCUT2D eigenvalue weighted by Gasteiger charge is 2.36. The molecule has 1 aromatic carbocycles. The normalized spacial score (nSPS) is 24.1. The molecule has 0 aliphatic carbocycles. The fourth-order valence-electron chi connectivity index (χ4n) is 1.75. The molecule has 1 atom stereocenters. The Bertz CT molecular complexity index is 395. The largest absolute Gasteiger partial charge is 0.337 e. The number of carbonyl (C=O) groups excluding carboxylic acids is 1. The number of para-hydroxylation sites is 1. The lowest BCUT2D eigenvalue weighted by molar-refractivity contribution is 0.250. The van der Waals surface area contributed by atoms with Crippen molar-refractivity contribution in [3.05, 3.63) is 24.3 Å². The van der Waals surface area contributed by atoms with Crippen molar-refractivity contribution < 1.29 is 4.79 Å². The zero-order valence-corrected chi connectivity index (χ0v) is 8.17. The van der Waals surface area contributed by atoms with Crippen molar-refractivity contribution >= 4 is 23.5 Å². The van der Waals surface area contributed by atoms with Crippen molar-refractivity contribution in [2.75, 3.05) is 10.7 Å². The van der Waals surface area contributed by atoms with E-state index >= 15 is 0 Å². The summed E-state index contributed by atoms with van der Waals surface area (Å²) in [4.78, 5) is 14.5. The summed E-state index contributed by atoms with van der Waals surface area (Å²) in [6, 6.07) is 7.90. The van der Waals surface area contributed by atoms with Gasteiger partial charge < -0.3 is 0 Å². The second-order valence-corrected chi connectivity index (χ2v) is 4.30. The summed E-state index contributed by atoms with van der Waals surface area (Å²) < 4.78 is 0. The first-order chi connectivity index (χ1) is 6.86. The van der Waals surface area contributed by atoms with Crippen molar-refractivity contribution in [2.45, 2.75) is 11.1 Å². The predicted molar refractivity (Wildman–Crippen MR) is 55.1 cm³/mol. The molecule has 72 valence electrons. The summed E-state index contributed by atoms with van der Waals surface area (Å²) in [5, 5.41) is 0. The average Bonchev–Trinajstić information content (AvgIpc) is 2.61. The lowest BCUT2D eigenvalue weighted by atomic mass is 10.3. The number of thioether (sulfide) groups is 1. The molecule has 5 heteroatoms. The third kappa shape index (κ3) is 1.03. The van der Waals surface area contributed by atoms with Crippen molar-refractivity contribution in [1.29, 1.82) is 0 Å². The van der Waals surface area contributed by atoms with Gasteiger partial charge in [-0.2, -0.15) is 0 Å². The van der Waals surface area contributed by atoms with Crippen LogP contribution in [-0.4, -0.2) is 17.9 Å². The Labute approximate surface area is 85.6 Å². The van der Waals surface area contributed by atoms with Crippen molar-refractivity contribution in [3.63, 3.8) is 0 Å². The van der Waals surface area contributed by atoms with Crippen LogP contribution in [-0.2, 0) is 0 Å². The molecule has 2 heterocycles. The van der Waals surface area contributed by atoms with E-state index < -0.39 is 0 Å². The van der Waals surface area contributed by atoms with E-state index in [2.05, 4.69) is 10.9 Å². The molecule has 2 amide bonds. The van der Waals surface area contributed by atoms with Gasteiger partial charge in [-0.05, 0) is 12.1 Å². The van der Waals surface area contributed by atoms with Gasteiger partial charge in [-0.25, -0.2) is 10.2 Å². The first kappa shape index (κ1) is 8.14. The fraction of sp³-hybridized carbons (Fsp3) is 0.222. The number of rotatable bonds is 0. The summed E-state index contributed by atoms with van der Waals surface area (Å²) in [7, 11) is 0. The van der Waals surface area contributed by atoms with Crippen LogP contribution in [0.5, 0.6) is 0 Å². The molecule has 1 aromatic rings. The number of benzene rings is 1. The molecule has 4 nitrogen and oxygen atoms in total. The Hall–Kier alpha value is -1.20. The van der Waals surface area contributed by atoms with E-state index in [1.807, 2.05) is 24.3 Å². The van der Waals surface area contributed by atoms with Crippen molar-refractivity contribution in [2.24, 2.45) is 0 Å². The highest BCUT2D eigenvalue weighted by molar-refractivity contribution is 7.99. The van der Waals surface area contributed by atoms with E-state index in [-0.39, 0.29) is 12.2 Å². The lowest BCUT2D eigenvalue weighted by Gasteiger charge is -2.28. The number of hydrazine groups is 1. The molecular formula is C9H9N3OS. The number of hydrogen-bond donors (Lipinski definition) is 2. The third-order valence-corrected chi connectivity index (χ3v) is 3.54. The topological polar surface area (TPSA) is 44.4 Å². The van der Waals surface area contributed by atoms with Crippen LogP contribution in [0.4, 0.5) is 10.5 Å². The Balaban J connectivity index is 2.11. The smallest absolute Gasteiger partial charge is 0.274 e. The van der Waals surface area contributed by atoms with E-state index in [9.17, 15) is 4.79 Å². The molecule has 2 N–H and O–H groups in total. The number of nitrogens with zero attached hydrogens (tertiary/aromatic N) is 1. The van der Waals surface area contributed by atoms with Crippen molar-refractivity contribution in [3.8, 4) is 0 Å². The minimum absolute atomic E-state index is 0.0669. The second-order valence-electron chi connectivity index (χ2n) is 3.24. The number of amides is 2. The van der Waals surface area contributed by atoms with Crippen LogP contribution in [0.2, 0.25) is 0 Å². The predicted octanol–water partition coefficient (Wildman–Crippen LogP) is 1.15. The van der Waals surface area contributed by atoms with Gasteiger partial charge in [0.25, 0.3) is 0 Å². The van der Waals surface area contributed by atoms with Crippen LogP contribution in [0.15, 0.2) is 29.2 Å². The standard InChI is InChI=1S/C9H9N3OS/c13-9-11-10-8-5-14-7-4-2-1-3-6(7)12(8)9/h1-4,8,10H,5H2,(H,11,13). The summed E-state index contributed by atoms with van der Waals surface area (Å²) in [5.41, 5.74) is 6.58. The summed E-state index contributed by atoms with van der Waals surface area (Å²) in [5.74, 6) is 0.885. The molecule has 1 unspecified atom stereocenters. The van der Waals surface area contributed by atoms with Crippen LogP contribution >= 0.6 is 11.8 Å². The molecular weight excluding hydrogens is 198 g/mol. The minimum Gasteiger partial charge on any atom is -0.274 e. The van der Waals surface area contributed by atoms with E-state index in [0.29, 0.717) is 0 Å². The van der Waals surface area contributed by atoms with Crippen LogP contribution in [0, 0.1) is 0 Å². The lowest BCUT2D eigenvalue weighted by Crippen LogP contribution is -2.41. The van der Waals surface area contributed by atoms with Gasteiger partial charge in [0.05, 0.1) is 5.69 Å². The maximum absolute atomic E-state index is 11.5. The van der Waals surface area contributed by atoms with Gasteiger partial charge in [-0.15, -0.1) is 11.8 Å². The first-order valence-electron chi connectivity index (χ1n) is 4.43. The number of nitrogens with one attached hydrogen (secondary N) is 2. The second kappa shape index (κ2) is 2.90. The zero-order chi connectivity index (χ0) is 9.54. The van der Waals surface area contributed by atoms with Crippen LogP contribution < -0.4 is 15.8 Å². The number of hydrogen-bond acceptors (Lipinski definition) is 3. The number of fused-ring (bicyclic) bond motifs is 3. The molecule has 0 spiro atoms. The van der Waals surface area contributed by atoms with Gasteiger partial charge in [0.15, 0.2) is 0 Å². The van der Waals surface area contributed by atoms with E-state index in [4.69, 9.17) is 0 Å². The van der Waals surface area contributed by atoms with E-state index in [1.54, 1.807) is 16.7 Å². The van der Waals surface area contributed by atoms with Gasteiger partial charge in [-0.3, -0.25) is 10.3 Å². The molecule has 0 radical (unpaired) electrons. The van der Waals surface area contributed by atoms with Crippen LogP contribution in [0.1, 0.15) is 0 Å². The number of urea groups is 1. The van der Waals surface area contributed by atoms with E-state index in [0.717, 1.165) is 11.4 Å². The number of carbonyl (C=O) groups is 1. The maximum Gasteiger partial charge on any atom is 0.337 e. The Morgan fingerprint density at radius 2 is 2.29 bits per heavy atom. The van der Waals surface area contributed by atoms with Crippen LogP contribution in [0.25, 0.3) is 0 Å². The Kier molecular flexibility index (Phi) is 1.68. The van der Waals surface area contributed by atoms with Gasteiger partial charge in [-0.1, -0.05) is 12.1 Å². The highest BCUT2D eigenvalue weighted by Crippen LogP contribution is 2.37. The molecule has 0 aromatic heterocycles. The van der Waals surface area contributed by atoms with Gasteiger partial charge in [0.2, 0.25) is 0 Å². The zero-order valence-electron chi connectivity index (χ0n) is 7.36. The average molecular weight is 207 g/mol. The molecule has 0 bridgehead atoms. The van der Waals surface area contributed by atoms with Gasteiger partial charge in [0, 0.05) is 10.6 Å². The Morgan fingerprint density at radius 1 is 1.43 bits per heavy atom. The summed E-state index contributed by atoms with van der Waals surface area (Å²) >= 11 is 1.77. The van der Waals surface area contributed by atoms with Crippen molar-refractivity contribution in [1.82, 2.24) is 10.9 Å². The summed E-state index contributed by atoms with van der Waals surface area (Å²) in [6.45, 7) is 0. The van der Waals surface area contributed by atoms with Gasteiger partial charge >= 0.3 is 6.03 Å². The van der Waals surface area contributed by atoms with Gasteiger partial charge in [0.1, 0.15) is 6.17 Å². The molecule has 1 saturated heterocycles. The molecule has 14 heavy (non-hydrogen) atoms.